The lowest BCUT2D eigenvalue weighted by molar-refractivity contribution is -0.383. The number of nitro groups is 1. The fraction of sp³-hybridized carbons (Fsp3) is 0.462. The molecule has 4 N–H and O–H groups in total. The molecule has 0 spiro atoms. The van der Waals surface area contributed by atoms with E-state index in [1.165, 1.54) is 6.20 Å². The highest BCUT2D eigenvalue weighted by Crippen LogP contribution is 2.26. The third kappa shape index (κ3) is 5.36. The summed E-state index contributed by atoms with van der Waals surface area (Å²) in [6, 6.07) is 7.90. The van der Waals surface area contributed by atoms with Crippen molar-refractivity contribution in [3.63, 3.8) is 0 Å². The first-order valence-electron chi connectivity index (χ1n) is 13.3. The van der Waals surface area contributed by atoms with Crippen molar-refractivity contribution in [2.24, 2.45) is 0 Å². The van der Waals surface area contributed by atoms with Crippen LogP contribution in [0, 0.1) is 10.1 Å². The van der Waals surface area contributed by atoms with Gasteiger partial charge >= 0.3 is 5.69 Å². The van der Waals surface area contributed by atoms with Crippen molar-refractivity contribution in [2.45, 2.75) is 13.8 Å². The van der Waals surface area contributed by atoms with Crippen LogP contribution in [-0.4, -0.2) is 100 Å². The number of fused-ring (bicyclic) bond motifs is 2. The van der Waals surface area contributed by atoms with Gasteiger partial charge in [-0.15, -0.1) is 0 Å². The first kappa shape index (κ1) is 25.7. The van der Waals surface area contributed by atoms with Crippen LogP contribution in [0.25, 0.3) is 22.1 Å². The highest BCUT2D eigenvalue weighted by atomic mass is 16.6. The van der Waals surface area contributed by atoms with E-state index in [-0.39, 0.29) is 5.69 Å². The highest BCUT2D eigenvalue weighted by molar-refractivity contribution is 5.88. The largest absolute Gasteiger partial charge is 0.396 e. The van der Waals surface area contributed by atoms with Gasteiger partial charge in [0.2, 0.25) is 0 Å². The molecule has 4 aromatic rings. The molecule has 0 aromatic carbocycles. The average Bonchev–Trinajstić information content (AvgIpc) is 3.56. The molecule has 2 aliphatic heterocycles. The molecule has 202 valence electrons. The minimum absolute atomic E-state index is 0.0362. The quantitative estimate of drug-likeness (QED) is 0.268. The van der Waals surface area contributed by atoms with E-state index in [1.54, 1.807) is 6.20 Å². The van der Waals surface area contributed by atoms with Crippen LogP contribution >= 0.6 is 0 Å². The Kier molecular flexibility index (Phi) is 7.61. The van der Waals surface area contributed by atoms with Gasteiger partial charge in [-0.05, 0) is 37.4 Å². The number of H-pyrrole nitrogens is 2. The summed E-state index contributed by atoms with van der Waals surface area (Å²) in [4.78, 5) is 35.1. The van der Waals surface area contributed by atoms with Crippen molar-refractivity contribution in [1.82, 2.24) is 29.7 Å². The second-order valence-corrected chi connectivity index (χ2v) is 9.65. The molecule has 0 unspecified atom stereocenters. The molecule has 2 saturated heterocycles. The molecule has 12 heteroatoms. The maximum Gasteiger partial charge on any atom is 0.312 e. The fourth-order valence-corrected chi connectivity index (χ4v) is 5.06. The Balaban J connectivity index is 0.000000156. The van der Waals surface area contributed by atoms with Gasteiger partial charge in [-0.25, -0.2) is 9.97 Å². The van der Waals surface area contributed by atoms with Crippen molar-refractivity contribution >= 4 is 45.1 Å². The topological polar surface area (TPSA) is 139 Å². The minimum Gasteiger partial charge on any atom is -0.396 e. The van der Waals surface area contributed by atoms with Crippen LogP contribution < -0.4 is 15.5 Å². The van der Waals surface area contributed by atoms with E-state index in [4.69, 9.17) is 5.73 Å². The van der Waals surface area contributed by atoms with E-state index in [9.17, 15) is 10.1 Å². The summed E-state index contributed by atoms with van der Waals surface area (Å²) in [6.07, 6.45) is 3.20. The molecule has 12 nitrogen and oxygen atoms in total. The monoisotopic (exact) mass is 520 g/mol. The van der Waals surface area contributed by atoms with Gasteiger partial charge in [0.05, 0.1) is 27.8 Å². The Morgan fingerprint density at radius 1 is 0.789 bits per heavy atom. The molecular formula is C26H36N10O2. The number of hydrogen-bond acceptors (Lipinski definition) is 9. The molecule has 38 heavy (non-hydrogen) atoms. The van der Waals surface area contributed by atoms with Crippen molar-refractivity contribution in [1.29, 1.82) is 0 Å². The molecule has 6 heterocycles. The van der Waals surface area contributed by atoms with Crippen LogP contribution in [0.3, 0.4) is 0 Å². The zero-order valence-corrected chi connectivity index (χ0v) is 22.1. The first-order chi connectivity index (χ1) is 18.5. The number of nitrogens with one attached hydrogen (secondary N) is 2. The van der Waals surface area contributed by atoms with Gasteiger partial charge in [-0.1, -0.05) is 13.8 Å². The fourth-order valence-electron chi connectivity index (χ4n) is 5.06. The summed E-state index contributed by atoms with van der Waals surface area (Å²) in [5.74, 6) is 1.85. The summed E-state index contributed by atoms with van der Waals surface area (Å²) in [7, 11) is 0. The number of likely N-dealkylation sites (N-methyl/N-ethyl adjacent to an activating group) is 2. The van der Waals surface area contributed by atoms with Crippen molar-refractivity contribution < 1.29 is 4.92 Å². The summed E-state index contributed by atoms with van der Waals surface area (Å²) in [5.41, 5.74) is 9.68. The number of nitrogens with zero attached hydrogens (tertiary/aromatic N) is 7. The molecule has 6 rings (SSSR count). The minimum atomic E-state index is -0.398. The van der Waals surface area contributed by atoms with Crippen LogP contribution in [0.4, 0.5) is 23.0 Å². The van der Waals surface area contributed by atoms with E-state index in [0.29, 0.717) is 11.0 Å². The number of pyridine rings is 2. The number of nitrogens with two attached hydrogens (primary N) is 1. The number of piperazine rings is 2. The molecule has 0 bridgehead atoms. The zero-order chi connectivity index (χ0) is 26.6. The zero-order valence-electron chi connectivity index (χ0n) is 22.1. The summed E-state index contributed by atoms with van der Waals surface area (Å²) < 4.78 is 0. The normalized spacial score (nSPS) is 17.1. The number of aromatic nitrogens is 4. The SMILES string of the molecule is CCN1CCN(c2ccc3[nH]cc(N)c3n2)CC1.CCN1CCN(c2ccc3[nH]cc([N+](=O)[O-])c3n2)CC1. The lowest BCUT2D eigenvalue weighted by Crippen LogP contribution is -2.46. The van der Waals surface area contributed by atoms with E-state index in [0.717, 1.165) is 93.8 Å². The number of rotatable bonds is 5. The molecular weight excluding hydrogens is 484 g/mol. The van der Waals surface area contributed by atoms with Gasteiger partial charge in [-0.3, -0.25) is 10.1 Å². The molecule has 0 saturated carbocycles. The molecule has 2 fully saturated rings. The first-order valence-corrected chi connectivity index (χ1v) is 13.3. The van der Waals surface area contributed by atoms with Crippen molar-refractivity contribution in [3.05, 3.63) is 46.8 Å². The predicted molar refractivity (Wildman–Crippen MR) is 152 cm³/mol. The Bertz CT molecular complexity index is 1380. The molecule has 4 aromatic heterocycles. The van der Waals surface area contributed by atoms with Gasteiger partial charge < -0.3 is 35.3 Å². The predicted octanol–water partition coefficient (Wildman–Crippen LogP) is 2.90. The maximum absolute atomic E-state index is 11.0. The van der Waals surface area contributed by atoms with Crippen LogP contribution in [0.5, 0.6) is 0 Å². The number of hydrogen-bond donors (Lipinski definition) is 3. The van der Waals surface area contributed by atoms with E-state index in [1.807, 2.05) is 12.1 Å². The lowest BCUT2D eigenvalue weighted by atomic mass is 10.3. The van der Waals surface area contributed by atoms with Gasteiger partial charge in [0.25, 0.3) is 0 Å². The van der Waals surface area contributed by atoms with Crippen molar-refractivity contribution in [2.75, 3.05) is 81.0 Å². The maximum atomic E-state index is 11.0. The third-order valence-corrected chi connectivity index (χ3v) is 7.51. The van der Waals surface area contributed by atoms with Gasteiger partial charge in [0, 0.05) is 58.6 Å². The summed E-state index contributed by atoms with van der Waals surface area (Å²) >= 11 is 0. The second-order valence-electron chi connectivity index (χ2n) is 9.65. The van der Waals surface area contributed by atoms with Crippen molar-refractivity contribution in [3.8, 4) is 0 Å². The van der Waals surface area contributed by atoms with E-state index >= 15 is 0 Å². The number of aromatic amines is 2. The van der Waals surface area contributed by atoms with Gasteiger partial charge in [0.1, 0.15) is 17.2 Å². The molecule has 0 radical (unpaired) electrons. The summed E-state index contributed by atoms with van der Waals surface area (Å²) in [6.45, 7) is 14.7. The third-order valence-electron chi connectivity index (χ3n) is 7.51. The molecule has 0 amide bonds. The molecule has 0 aliphatic carbocycles. The Morgan fingerprint density at radius 2 is 1.26 bits per heavy atom. The number of nitrogen functional groups attached to an aromatic ring is 1. The Labute approximate surface area is 221 Å². The van der Waals surface area contributed by atoms with Gasteiger partial charge in [0.15, 0.2) is 5.52 Å². The second kappa shape index (κ2) is 11.2. The Morgan fingerprint density at radius 3 is 1.76 bits per heavy atom. The standard InChI is InChI=1S/C13H17N5O2.C13H19N5/c1-2-16-5-7-17(8-6-16)12-4-3-10-13(15-12)11(9-14-10)18(19)20;1-2-17-5-7-18(8-6-17)12-4-3-11-13(16-12)10(14)9-15-11/h3-4,9,14H,2,5-8H2,1H3;3-4,9,15H,2,5-8,14H2,1H3. The molecule has 2 aliphatic rings. The average molecular weight is 521 g/mol. The van der Waals surface area contributed by atoms with Gasteiger partial charge in [-0.2, -0.15) is 0 Å². The molecule has 0 atom stereocenters. The summed E-state index contributed by atoms with van der Waals surface area (Å²) in [5, 5.41) is 11.0. The van der Waals surface area contributed by atoms with E-state index < -0.39 is 4.92 Å². The lowest BCUT2D eigenvalue weighted by Gasteiger charge is -2.34. The smallest absolute Gasteiger partial charge is 0.312 e. The van der Waals surface area contributed by atoms with Crippen LogP contribution in [0.1, 0.15) is 13.8 Å². The highest BCUT2D eigenvalue weighted by Gasteiger charge is 2.21. The van der Waals surface area contributed by atoms with E-state index in [2.05, 4.69) is 65.5 Å². The Hall–Kier alpha value is -3.90. The van der Waals surface area contributed by atoms with Crippen LogP contribution in [-0.2, 0) is 0 Å². The number of anilines is 3. The van der Waals surface area contributed by atoms with Crippen LogP contribution in [0.2, 0.25) is 0 Å². The van der Waals surface area contributed by atoms with Crippen LogP contribution in [0.15, 0.2) is 36.7 Å².